The largest absolute Gasteiger partial charge is 0.462 e. The summed E-state index contributed by atoms with van der Waals surface area (Å²) in [5.41, 5.74) is 0. The van der Waals surface area contributed by atoms with Gasteiger partial charge in [-0.25, -0.2) is 0 Å². The molecule has 1 atom stereocenters. The first-order chi connectivity index (χ1) is 31.5. The van der Waals surface area contributed by atoms with Crippen LogP contribution in [0.25, 0.3) is 0 Å². The van der Waals surface area contributed by atoms with Crippen molar-refractivity contribution >= 4 is 17.9 Å². The molecular formula is C58H90O6. The Labute approximate surface area is 392 Å². The van der Waals surface area contributed by atoms with Crippen molar-refractivity contribution in [3.63, 3.8) is 0 Å². The first-order valence-corrected chi connectivity index (χ1v) is 25.2. The molecule has 0 N–H and O–H groups in total. The van der Waals surface area contributed by atoms with Crippen molar-refractivity contribution in [2.75, 3.05) is 13.2 Å². The van der Waals surface area contributed by atoms with Crippen molar-refractivity contribution in [2.24, 2.45) is 0 Å². The highest BCUT2D eigenvalue weighted by molar-refractivity contribution is 5.71. The molecule has 1 unspecified atom stereocenters. The lowest BCUT2D eigenvalue weighted by Gasteiger charge is -2.18. The summed E-state index contributed by atoms with van der Waals surface area (Å²) in [6, 6.07) is 0. The third-order valence-electron chi connectivity index (χ3n) is 9.88. The van der Waals surface area contributed by atoms with Crippen molar-refractivity contribution < 1.29 is 28.6 Å². The summed E-state index contributed by atoms with van der Waals surface area (Å²) in [5, 5.41) is 0. The Balaban J connectivity index is 4.60. The van der Waals surface area contributed by atoms with Gasteiger partial charge in [-0.2, -0.15) is 0 Å². The molecule has 0 radical (unpaired) electrons. The number of ether oxygens (including phenoxy) is 3. The number of allylic oxidation sites excluding steroid dienone is 22. The number of esters is 3. The van der Waals surface area contributed by atoms with Gasteiger partial charge in [0.15, 0.2) is 6.10 Å². The van der Waals surface area contributed by atoms with E-state index < -0.39 is 6.10 Å². The Kier molecular flexibility index (Phi) is 47.6. The second-order valence-corrected chi connectivity index (χ2v) is 16.0. The number of unbranched alkanes of at least 4 members (excludes halogenated alkanes) is 10. The van der Waals surface area contributed by atoms with E-state index >= 15 is 0 Å². The second-order valence-electron chi connectivity index (χ2n) is 16.0. The van der Waals surface area contributed by atoms with E-state index in [9.17, 15) is 14.4 Å². The minimum Gasteiger partial charge on any atom is -0.462 e. The van der Waals surface area contributed by atoms with Crippen LogP contribution in [0.2, 0.25) is 0 Å². The van der Waals surface area contributed by atoms with Crippen LogP contribution in [0, 0.1) is 0 Å². The van der Waals surface area contributed by atoms with E-state index in [1.165, 1.54) is 32.1 Å². The number of carbonyl (C=O) groups is 3. The Hall–Kier alpha value is -4.45. The van der Waals surface area contributed by atoms with Crippen molar-refractivity contribution in [2.45, 2.75) is 200 Å². The normalized spacial score (nSPS) is 13.2. The fraction of sp³-hybridized carbons (Fsp3) is 0.569. The summed E-state index contributed by atoms with van der Waals surface area (Å²) in [7, 11) is 0. The van der Waals surface area contributed by atoms with Crippen LogP contribution in [0.1, 0.15) is 194 Å². The van der Waals surface area contributed by atoms with Crippen LogP contribution in [0.15, 0.2) is 134 Å². The molecule has 6 heteroatoms. The van der Waals surface area contributed by atoms with Crippen LogP contribution >= 0.6 is 0 Å². The highest BCUT2D eigenvalue weighted by Gasteiger charge is 2.19. The summed E-state index contributed by atoms with van der Waals surface area (Å²) in [6.07, 6.45) is 71.6. The third-order valence-corrected chi connectivity index (χ3v) is 9.88. The first-order valence-electron chi connectivity index (χ1n) is 25.2. The smallest absolute Gasteiger partial charge is 0.306 e. The first kappa shape index (κ1) is 59.5. The fourth-order valence-electron chi connectivity index (χ4n) is 6.16. The van der Waals surface area contributed by atoms with Gasteiger partial charge in [-0.1, -0.05) is 187 Å². The zero-order valence-electron chi connectivity index (χ0n) is 40.7. The molecule has 0 spiro atoms. The van der Waals surface area contributed by atoms with E-state index in [4.69, 9.17) is 14.2 Å². The Morgan fingerprint density at radius 3 is 1.09 bits per heavy atom. The van der Waals surface area contributed by atoms with Gasteiger partial charge in [0, 0.05) is 19.3 Å². The molecule has 0 fully saturated rings. The monoisotopic (exact) mass is 883 g/mol. The molecule has 0 saturated heterocycles. The van der Waals surface area contributed by atoms with Gasteiger partial charge in [0.25, 0.3) is 0 Å². The third kappa shape index (κ3) is 48.6. The lowest BCUT2D eigenvalue weighted by atomic mass is 10.1. The molecule has 0 rings (SSSR count). The number of carbonyl (C=O) groups excluding carboxylic acids is 3. The van der Waals surface area contributed by atoms with Crippen LogP contribution in [-0.2, 0) is 28.6 Å². The summed E-state index contributed by atoms with van der Waals surface area (Å²) in [4.78, 5) is 37.9. The Bertz CT molecular complexity index is 1430. The van der Waals surface area contributed by atoms with Crippen LogP contribution in [0.3, 0.4) is 0 Å². The summed E-state index contributed by atoms with van der Waals surface area (Å²) >= 11 is 0. The predicted molar refractivity (Wildman–Crippen MR) is 274 cm³/mol. The molecule has 0 aromatic rings. The lowest BCUT2D eigenvalue weighted by Crippen LogP contribution is -2.30. The average molecular weight is 883 g/mol. The van der Waals surface area contributed by atoms with Gasteiger partial charge in [-0.05, 0) is 122 Å². The molecule has 0 amide bonds. The van der Waals surface area contributed by atoms with E-state index in [1.54, 1.807) is 0 Å². The van der Waals surface area contributed by atoms with Gasteiger partial charge < -0.3 is 14.2 Å². The molecule has 0 saturated carbocycles. The maximum Gasteiger partial charge on any atom is 0.306 e. The van der Waals surface area contributed by atoms with Gasteiger partial charge in [0.05, 0.1) is 0 Å². The standard InChI is InChI=1S/C58H90O6/c1-4-7-10-13-16-19-22-25-27-28-29-30-32-33-36-39-42-45-48-51-57(60)63-54-55(53-62-56(59)50-47-44-41-38-35-24-21-18-15-12-9-6-3)64-58(61)52-49-46-43-40-37-34-31-26-23-20-17-14-11-8-5-2/h7-8,10-11,16-21,25-27,29-31,33,36-37,40,42,45,55H,4-6,9,12-15,22-24,28,32,34-35,38-39,41,43-44,46-54H2,1-3H3/b10-7-,11-8-,19-16-,20-17-,21-18-,27-25-,30-29-,31-26-,36-33-,40-37-,45-42-. The van der Waals surface area contributed by atoms with Gasteiger partial charge >= 0.3 is 17.9 Å². The van der Waals surface area contributed by atoms with E-state index in [-0.39, 0.29) is 44.0 Å². The number of hydrogen-bond donors (Lipinski definition) is 0. The molecule has 0 aromatic carbocycles. The molecule has 0 aliphatic rings. The SMILES string of the molecule is CC/C=C\C/C=C\C/C=C\C/C=C\C/C=C\C/C=C\CCC(=O)OCC(COC(=O)CCCCCCC/C=C\CCCCC)OC(=O)CCCC/C=C\C/C=C\C/C=C\C/C=C\CC. The highest BCUT2D eigenvalue weighted by Crippen LogP contribution is 2.11. The molecule has 6 nitrogen and oxygen atoms in total. The van der Waals surface area contributed by atoms with Crippen molar-refractivity contribution in [3.05, 3.63) is 134 Å². The second kappa shape index (κ2) is 51.2. The Morgan fingerprint density at radius 2 is 0.641 bits per heavy atom. The van der Waals surface area contributed by atoms with Crippen LogP contribution in [0.5, 0.6) is 0 Å². The molecule has 358 valence electrons. The lowest BCUT2D eigenvalue weighted by molar-refractivity contribution is -0.166. The molecule has 0 heterocycles. The maximum absolute atomic E-state index is 12.8. The summed E-state index contributed by atoms with van der Waals surface area (Å²) in [6.45, 7) is 6.25. The quantitative estimate of drug-likeness (QED) is 0.0263. The van der Waals surface area contributed by atoms with E-state index in [0.29, 0.717) is 19.3 Å². The van der Waals surface area contributed by atoms with Crippen LogP contribution in [0.4, 0.5) is 0 Å². The Morgan fingerprint density at radius 1 is 0.328 bits per heavy atom. The number of rotatable bonds is 43. The van der Waals surface area contributed by atoms with Crippen LogP contribution in [-0.4, -0.2) is 37.2 Å². The molecule has 0 aliphatic carbocycles. The van der Waals surface area contributed by atoms with E-state index in [0.717, 1.165) is 109 Å². The van der Waals surface area contributed by atoms with E-state index in [1.807, 2.05) is 12.2 Å². The predicted octanol–water partition coefficient (Wildman–Crippen LogP) is 16.7. The van der Waals surface area contributed by atoms with Crippen molar-refractivity contribution in [1.29, 1.82) is 0 Å². The van der Waals surface area contributed by atoms with Gasteiger partial charge in [0.1, 0.15) is 13.2 Å². The highest BCUT2D eigenvalue weighted by atomic mass is 16.6. The summed E-state index contributed by atoms with van der Waals surface area (Å²) < 4.78 is 16.7. The molecule has 0 aromatic heterocycles. The van der Waals surface area contributed by atoms with Crippen molar-refractivity contribution in [1.82, 2.24) is 0 Å². The van der Waals surface area contributed by atoms with Crippen molar-refractivity contribution in [3.8, 4) is 0 Å². The average Bonchev–Trinajstić information content (AvgIpc) is 3.29. The summed E-state index contributed by atoms with van der Waals surface area (Å²) in [5.74, 6) is -1.08. The molecule has 0 aliphatic heterocycles. The minimum absolute atomic E-state index is 0.127. The van der Waals surface area contributed by atoms with Gasteiger partial charge in [0.2, 0.25) is 0 Å². The molecule has 0 bridgehead atoms. The maximum atomic E-state index is 12.8. The van der Waals surface area contributed by atoms with E-state index in [2.05, 4.69) is 142 Å². The van der Waals surface area contributed by atoms with Gasteiger partial charge in [-0.15, -0.1) is 0 Å². The zero-order valence-corrected chi connectivity index (χ0v) is 40.7. The van der Waals surface area contributed by atoms with Crippen LogP contribution < -0.4 is 0 Å². The molecular weight excluding hydrogens is 793 g/mol. The minimum atomic E-state index is -0.837. The molecule has 64 heavy (non-hydrogen) atoms. The number of hydrogen-bond acceptors (Lipinski definition) is 6. The van der Waals surface area contributed by atoms with Gasteiger partial charge in [-0.3, -0.25) is 14.4 Å². The fourth-order valence-corrected chi connectivity index (χ4v) is 6.16. The zero-order chi connectivity index (χ0) is 46.5. The topological polar surface area (TPSA) is 78.9 Å².